The Labute approximate surface area is 145 Å². The number of hydrogen-bond acceptors (Lipinski definition) is 8. The van der Waals surface area contributed by atoms with Crippen LogP contribution in [0.3, 0.4) is 0 Å². The van der Waals surface area contributed by atoms with Crippen molar-refractivity contribution in [2.45, 2.75) is 27.0 Å². The highest BCUT2D eigenvalue weighted by Gasteiger charge is 2.14. The van der Waals surface area contributed by atoms with Crippen LogP contribution in [0.2, 0.25) is 0 Å². The van der Waals surface area contributed by atoms with Crippen molar-refractivity contribution < 1.29 is 9.53 Å². The molecule has 0 aliphatic heterocycles. The summed E-state index contributed by atoms with van der Waals surface area (Å²) in [7, 11) is 1.56. The zero-order chi connectivity index (χ0) is 17.3. The number of hydrogen-bond donors (Lipinski definition) is 1. The molecular weight excluding hydrogens is 350 g/mol. The number of aryl methyl sites for hydroxylation is 2. The fourth-order valence-corrected chi connectivity index (χ4v) is 3.90. The minimum absolute atomic E-state index is 0.130. The summed E-state index contributed by atoms with van der Waals surface area (Å²) in [5, 5.41) is 12.0. The van der Waals surface area contributed by atoms with Gasteiger partial charge >= 0.3 is 0 Å². The molecule has 0 spiro atoms. The smallest absolute Gasteiger partial charge is 0.262 e. The summed E-state index contributed by atoms with van der Waals surface area (Å²) in [6, 6.07) is 0. The van der Waals surface area contributed by atoms with Crippen LogP contribution < -0.4 is 10.9 Å². The molecule has 0 unspecified atom stereocenters. The number of carbonyl (C=O) groups is 1. The predicted octanol–water partition coefficient (Wildman–Crippen LogP) is 1.71. The van der Waals surface area contributed by atoms with Gasteiger partial charge in [-0.1, -0.05) is 11.3 Å². The highest BCUT2D eigenvalue weighted by molar-refractivity contribution is 7.18. The Kier molecular flexibility index (Phi) is 4.69. The number of ether oxygens (including phenoxy) is 1. The van der Waals surface area contributed by atoms with Crippen LogP contribution in [0, 0.1) is 13.8 Å². The van der Waals surface area contributed by atoms with Crippen molar-refractivity contribution in [1.82, 2.24) is 19.7 Å². The molecule has 0 saturated carbocycles. The van der Waals surface area contributed by atoms with Crippen molar-refractivity contribution in [3.63, 3.8) is 0 Å². The lowest BCUT2D eigenvalue weighted by Crippen LogP contribution is -2.27. The summed E-state index contributed by atoms with van der Waals surface area (Å²) in [5.74, 6) is -0.358. The van der Waals surface area contributed by atoms with Crippen LogP contribution >= 0.6 is 22.7 Å². The molecule has 3 aromatic rings. The maximum Gasteiger partial charge on any atom is 0.262 e. The van der Waals surface area contributed by atoms with E-state index in [1.165, 1.54) is 33.6 Å². The summed E-state index contributed by atoms with van der Waals surface area (Å²) in [6.07, 6.45) is 1.40. The zero-order valence-electron chi connectivity index (χ0n) is 13.3. The second-order valence-corrected chi connectivity index (χ2v) is 7.39. The van der Waals surface area contributed by atoms with Crippen LogP contribution in [0.15, 0.2) is 11.1 Å². The van der Waals surface area contributed by atoms with E-state index in [0.717, 1.165) is 10.4 Å². The Morgan fingerprint density at radius 1 is 1.33 bits per heavy atom. The van der Waals surface area contributed by atoms with Gasteiger partial charge in [-0.25, -0.2) is 4.98 Å². The van der Waals surface area contributed by atoms with E-state index in [1.807, 2.05) is 13.8 Å². The molecule has 0 aliphatic rings. The number of fused-ring (bicyclic) bond motifs is 1. The molecule has 0 bridgehead atoms. The predicted molar refractivity (Wildman–Crippen MR) is 92.6 cm³/mol. The normalized spacial score (nSPS) is 11.1. The largest absolute Gasteiger partial charge is 0.377 e. The molecule has 0 aromatic carbocycles. The number of aromatic nitrogens is 4. The van der Waals surface area contributed by atoms with Gasteiger partial charge in [-0.15, -0.1) is 21.5 Å². The molecule has 0 aliphatic carbocycles. The Morgan fingerprint density at radius 2 is 2.12 bits per heavy atom. The van der Waals surface area contributed by atoms with Gasteiger partial charge in [0.25, 0.3) is 5.56 Å². The molecule has 1 amide bonds. The summed E-state index contributed by atoms with van der Waals surface area (Å²) in [6.45, 7) is 4.05. The molecule has 3 rings (SSSR count). The van der Waals surface area contributed by atoms with Crippen LogP contribution in [0.4, 0.5) is 5.13 Å². The van der Waals surface area contributed by atoms with E-state index in [1.54, 1.807) is 7.11 Å². The second kappa shape index (κ2) is 6.75. The Bertz CT molecular complexity index is 959. The molecule has 0 fully saturated rings. The van der Waals surface area contributed by atoms with Crippen molar-refractivity contribution in [2.75, 3.05) is 12.4 Å². The standard InChI is InChI=1S/C14H15N5O3S2/c1-7-8(2)23-12-11(7)13(21)19(6-15-12)4-9(20)16-14-18-17-10(24-14)5-22-3/h6H,4-5H2,1-3H3,(H,16,18,20). The third kappa shape index (κ3) is 3.21. The summed E-state index contributed by atoms with van der Waals surface area (Å²) in [4.78, 5) is 30.7. The van der Waals surface area contributed by atoms with Gasteiger partial charge in [0.05, 0.1) is 11.7 Å². The highest BCUT2D eigenvalue weighted by Crippen LogP contribution is 2.25. The van der Waals surface area contributed by atoms with Gasteiger partial charge in [-0.2, -0.15) is 0 Å². The third-order valence-electron chi connectivity index (χ3n) is 3.45. The number of nitrogens with one attached hydrogen (secondary N) is 1. The third-order valence-corrected chi connectivity index (χ3v) is 5.38. The molecule has 0 atom stereocenters. The first-order valence-electron chi connectivity index (χ1n) is 7.06. The van der Waals surface area contributed by atoms with Gasteiger partial charge < -0.3 is 4.74 Å². The van der Waals surface area contributed by atoms with Gasteiger partial charge in [-0.3, -0.25) is 19.5 Å². The Hall–Kier alpha value is -2.17. The molecular formula is C14H15N5O3S2. The molecule has 8 nitrogen and oxygen atoms in total. The molecule has 3 aromatic heterocycles. The number of thiophene rings is 1. The van der Waals surface area contributed by atoms with Crippen LogP contribution in [-0.4, -0.2) is 32.8 Å². The topological polar surface area (TPSA) is 99.0 Å². The van der Waals surface area contributed by atoms with Gasteiger partial charge in [0.15, 0.2) is 0 Å². The van der Waals surface area contributed by atoms with E-state index in [4.69, 9.17) is 4.74 Å². The number of nitrogens with zero attached hydrogens (tertiary/aromatic N) is 4. The van der Waals surface area contributed by atoms with Crippen LogP contribution in [0.25, 0.3) is 10.2 Å². The van der Waals surface area contributed by atoms with E-state index in [0.29, 0.717) is 27.0 Å². The quantitative estimate of drug-likeness (QED) is 0.739. The number of amides is 1. The van der Waals surface area contributed by atoms with E-state index in [2.05, 4.69) is 20.5 Å². The van der Waals surface area contributed by atoms with Gasteiger partial charge in [0, 0.05) is 12.0 Å². The average Bonchev–Trinajstić information content (AvgIpc) is 3.08. The minimum Gasteiger partial charge on any atom is -0.377 e. The molecule has 10 heteroatoms. The number of methoxy groups -OCH3 is 1. The number of anilines is 1. The van der Waals surface area contributed by atoms with E-state index < -0.39 is 0 Å². The van der Waals surface area contributed by atoms with Crippen molar-refractivity contribution >= 4 is 43.9 Å². The van der Waals surface area contributed by atoms with Crippen LogP contribution in [0.1, 0.15) is 15.4 Å². The van der Waals surface area contributed by atoms with Crippen molar-refractivity contribution in [3.8, 4) is 0 Å². The van der Waals surface area contributed by atoms with Crippen molar-refractivity contribution in [3.05, 3.63) is 32.1 Å². The number of carbonyl (C=O) groups excluding carboxylic acids is 1. The molecule has 1 N–H and O–H groups in total. The van der Waals surface area contributed by atoms with Gasteiger partial charge in [0.2, 0.25) is 11.0 Å². The fraction of sp³-hybridized carbons (Fsp3) is 0.357. The summed E-state index contributed by atoms with van der Waals surface area (Å²) < 4.78 is 6.25. The van der Waals surface area contributed by atoms with Crippen LogP contribution in [0.5, 0.6) is 0 Å². The maximum atomic E-state index is 12.5. The molecule has 126 valence electrons. The molecule has 0 radical (unpaired) electrons. The van der Waals surface area contributed by atoms with Gasteiger partial charge in [-0.05, 0) is 19.4 Å². The SMILES string of the molecule is COCc1nnc(NC(=O)Cn2cnc3sc(C)c(C)c3c2=O)s1. The summed E-state index contributed by atoms with van der Waals surface area (Å²) >= 11 is 2.71. The molecule has 3 heterocycles. The lowest BCUT2D eigenvalue weighted by Gasteiger charge is -2.05. The Morgan fingerprint density at radius 3 is 2.88 bits per heavy atom. The number of rotatable bonds is 5. The first kappa shape index (κ1) is 16.7. The highest BCUT2D eigenvalue weighted by atomic mass is 32.1. The summed E-state index contributed by atoms with van der Waals surface area (Å²) in [5.41, 5.74) is 0.699. The zero-order valence-corrected chi connectivity index (χ0v) is 15.0. The fourth-order valence-electron chi connectivity index (χ4n) is 2.18. The Balaban J connectivity index is 1.79. The first-order chi connectivity index (χ1) is 11.5. The lowest BCUT2D eigenvalue weighted by molar-refractivity contribution is -0.116. The van der Waals surface area contributed by atoms with Crippen LogP contribution in [-0.2, 0) is 22.7 Å². The monoisotopic (exact) mass is 365 g/mol. The minimum atomic E-state index is -0.358. The van der Waals surface area contributed by atoms with E-state index in [-0.39, 0.29) is 18.0 Å². The first-order valence-corrected chi connectivity index (χ1v) is 8.69. The average molecular weight is 365 g/mol. The van der Waals surface area contributed by atoms with Crippen molar-refractivity contribution in [2.24, 2.45) is 0 Å². The molecule has 24 heavy (non-hydrogen) atoms. The van der Waals surface area contributed by atoms with Crippen molar-refractivity contribution in [1.29, 1.82) is 0 Å². The second-order valence-electron chi connectivity index (χ2n) is 5.12. The lowest BCUT2D eigenvalue weighted by atomic mass is 10.2. The van der Waals surface area contributed by atoms with Gasteiger partial charge in [0.1, 0.15) is 23.0 Å². The maximum absolute atomic E-state index is 12.5. The molecule has 0 saturated heterocycles. The van der Waals surface area contributed by atoms with E-state index in [9.17, 15) is 9.59 Å². The van der Waals surface area contributed by atoms with E-state index >= 15 is 0 Å².